The van der Waals surface area contributed by atoms with Gasteiger partial charge in [-0.15, -0.1) is 0 Å². The lowest BCUT2D eigenvalue weighted by molar-refractivity contribution is -0.138. The maximum Gasteiger partial charge on any atom is 0.417 e. The average molecular weight is 271 g/mol. The van der Waals surface area contributed by atoms with Gasteiger partial charge in [-0.25, -0.2) is 4.79 Å². The summed E-state index contributed by atoms with van der Waals surface area (Å²) in [7, 11) is 0. The highest BCUT2D eigenvalue weighted by Crippen LogP contribution is 2.34. The highest BCUT2D eigenvalue weighted by atomic mass is 19.4. The molecular formula is C13H12F3NO2. The average Bonchev–Trinajstić information content (AvgIpc) is 2.36. The number of hydrogen-bond acceptors (Lipinski definition) is 3. The van der Waals surface area contributed by atoms with Gasteiger partial charge >= 0.3 is 12.1 Å². The number of rotatable bonds is 3. The molecule has 0 atom stereocenters. The molecule has 19 heavy (non-hydrogen) atoms. The molecule has 0 aliphatic rings. The topological polar surface area (TPSA) is 50.1 Å². The van der Waals surface area contributed by atoms with Crippen molar-refractivity contribution in [2.45, 2.75) is 26.4 Å². The zero-order chi connectivity index (χ0) is 14.6. The van der Waals surface area contributed by atoms with Crippen LogP contribution in [0.1, 0.15) is 40.9 Å². The van der Waals surface area contributed by atoms with E-state index >= 15 is 0 Å². The van der Waals surface area contributed by atoms with Crippen molar-refractivity contribution in [1.29, 1.82) is 5.26 Å². The fourth-order valence-corrected chi connectivity index (χ4v) is 1.65. The summed E-state index contributed by atoms with van der Waals surface area (Å²) in [5, 5.41) is 8.84. The van der Waals surface area contributed by atoms with Gasteiger partial charge in [-0.1, -0.05) is 6.92 Å². The summed E-state index contributed by atoms with van der Waals surface area (Å²) in [6, 6.07) is 3.49. The smallest absolute Gasteiger partial charge is 0.417 e. The Kier molecular flexibility index (Phi) is 4.54. The Hall–Kier alpha value is -2.03. The van der Waals surface area contributed by atoms with Crippen molar-refractivity contribution in [2.75, 3.05) is 6.61 Å². The van der Waals surface area contributed by atoms with Crippen molar-refractivity contribution in [2.24, 2.45) is 0 Å². The molecule has 1 aromatic carbocycles. The summed E-state index contributed by atoms with van der Waals surface area (Å²) in [5.74, 6) is -1.03. The normalized spacial score (nSPS) is 10.9. The highest BCUT2D eigenvalue weighted by molar-refractivity contribution is 5.92. The second-order valence-electron chi connectivity index (χ2n) is 3.74. The van der Waals surface area contributed by atoms with Crippen molar-refractivity contribution in [3.8, 4) is 6.07 Å². The van der Waals surface area contributed by atoms with Crippen LogP contribution in [0.15, 0.2) is 12.1 Å². The zero-order valence-corrected chi connectivity index (χ0v) is 10.5. The first-order chi connectivity index (χ1) is 8.85. The summed E-state index contributed by atoms with van der Waals surface area (Å²) >= 11 is 0. The van der Waals surface area contributed by atoms with Gasteiger partial charge in [-0.05, 0) is 31.0 Å². The van der Waals surface area contributed by atoms with Gasteiger partial charge < -0.3 is 4.74 Å². The number of hydrogen-bond donors (Lipinski definition) is 0. The van der Waals surface area contributed by atoms with E-state index < -0.39 is 23.3 Å². The Balaban J connectivity index is 3.50. The Morgan fingerprint density at radius 2 is 2.00 bits per heavy atom. The lowest BCUT2D eigenvalue weighted by atomic mass is 9.97. The van der Waals surface area contributed by atoms with Gasteiger partial charge in [0.1, 0.15) is 0 Å². The second-order valence-corrected chi connectivity index (χ2v) is 3.74. The number of carbonyl (C=O) groups excluding carboxylic acids is 1. The molecule has 0 spiro atoms. The summed E-state index contributed by atoms with van der Waals surface area (Å²) in [6.07, 6.45) is -4.35. The van der Waals surface area contributed by atoms with Crippen molar-refractivity contribution in [3.05, 3.63) is 34.4 Å². The number of esters is 1. The minimum atomic E-state index is -4.71. The highest BCUT2D eigenvalue weighted by Gasteiger charge is 2.36. The van der Waals surface area contributed by atoms with Crippen molar-refractivity contribution >= 4 is 5.97 Å². The van der Waals surface area contributed by atoms with Crippen LogP contribution >= 0.6 is 0 Å². The fraction of sp³-hybridized carbons (Fsp3) is 0.385. The third-order valence-corrected chi connectivity index (χ3v) is 2.55. The molecule has 0 fully saturated rings. The molecule has 0 aliphatic heterocycles. The van der Waals surface area contributed by atoms with Gasteiger partial charge in [0, 0.05) is 0 Å². The van der Waals surface area contributed by atoms with Crippen LogP contribution in [0.4, 0.5) is 13.2 Å². The first-order valence-electron chi connectivity index (χ1n) is 5.66. The van der Waals surface area contributed by atoms with Crippen LogP contribution < -0.4 is 0 Å². The Bertz CT molecular complexity index is 530. The molecule has 6 heteroatoms. The Morgan fingerprint density at radius 1 is 1.37 bits per heavy atom. The number of carbonyl (C=O) groups is 1. The fourth-order valence-electron chi connectivity index (χ4n) is 1.65. The minimum absolute atomic E-state index is 0.0163. The lowest BCUT2D eigenvalue weighted by Gasteiger charge is -2.14. The van der Waals surface area contributed by atoms with E-state index in [2.05, 4.69) is 4.74 Å². The SMILES string of the molecule is CCOC(=O)c1cc(CC)c(C#N)cc1C(F)(F)F. The summed E-state index contributed by atoms with van der Waals surface area (Å²) in [5.41, 5.74) is -1.38. The van der Waals surface area contributed by atoms with Gasteiger partial charge in [0.15, 0.2) is 0 Å². The molecule has 1 rings (SSSR count). The number of nitrogens with zero attached hydrogens (tertiary/aromatic N) is 1. The standard InChI is InChI=1S/C13H12F3NO2/c1-3-8-5-10(12(18)19-4-2)11(13(14,15)16)6-9(8)7-17/h5-6H,3-4H2,1-2H3. The predicted molar refractivity (Wildman–Crippen MR) is 61.5 cm³/mol. The molecule has 0 aromatic heterocycles. The van der Waals surface area contributed by atoms with Crippen molar-refractivity contribution in [1.82, 2.24) is 0 Å². The minimum Gasteiger partial charge on any atom is -0.462 e. The van der Waals surface area contributed by atoms with E-state index in [0.717, 1.165) is 6.07 Å². The van der Waals surface area contributed by atoms with Crippen LogP contribution in [0.25, 0.3) is 0 Å². The maximum absolute atomic E-state index is 12.9. The number of benzene rings is 1. The summed E-state index contributed by atoms with van der Waals surface area (Å²) < 4.78 is 43.3. The third kappa shape index (κ3) is 3.25. The van der Waals surface area contributed by atoms with E-state index in [1.807, 2.05) is 0 Å². The van der Waals surface area contributed by atoms with E-state index in [4.69, 9.17) is 5.26 Å². The van der Waals surface area contributed by atoms with Crippen LogP contribution in [-0.2, 0) is 17.3 Å². The van der Waals surface area contributed by atoms with E-state index in [0.29, 0.717) is 18.1 Å². The van der Waals surface area contributed by atoms with Gasteiger partial charge in [0.05, 0.1) is 29.4 Å². The first-order valence-corrected chi connectivity index (χ1v) is 5.66. The molecule has 0 amide bonds. The number of alkyl halides is 3. The van der Waals surface area contributed by atoms with Crippen LogP contribution in [0, 0.1) is 11.3 Å². The van der Waals surface area contributed by atoms with Crippen LogP contribution in [0.2, 0.25) is 0 Å². The molecule has 1 aromatic rings. The molecule has 0 unspecified atom stereocenters. The van der Waals surface area contributed by atoms with Gasteiger partial charge in [0.2, 0.25) is 0 Å². The third-order valence-electron chi connectivity index (χ3n) is 2.55. The Labute approximate surface area is 108 Å². The Morgan fingerprint density at radius 3 is 2.42 bits per heavy atom. The molecule has 0 aliphatic carbocycles. The number of aryl methyl sites for hydroxylation is 1. The predicted octanol–water partition coefficient (Wildman–Crippen LogP) is 3.32. The largest absolute Gasteiger partial charge is 0.462 e. The van der Waals surface area contributed by atoms with Gasteiger partial charge in [-0.3, -0.25) is 0 Å². The molecule has 0 saturated heterocycles. The first kappa shape index (κ1) is 15.0. The molecule has 0 N–H and O–H groups in total. The summed E-state index contributed by atoms with van der Waals surface area (Å²) in [6.45, 7) is 3.19. The van der Waals surface area contributed by atoms with E-state index in [9.17, 15) is 18.0 Å². The quantitative estimate of drug-likeness (QED) is 0.792. The van der Waals surface area contributed by atoms with Crippen molar-refractivity contribution < 1.29 is 22.7 Å². The molecule has 3 nitrogen and oxygen atoms in total. The van der Waals surface area contributed by atoms with Crippen LogP contribution in [0.5, 0.6) is 0 Å². The number of ether oxygens (including phenoxy) is 1. The maximum atomic E-state index is 12.9. The van der Waals surface area contributed by atoms with Crippen LogP contribution in [0.3, 0.4) is 0 Å². The lowest BCUT2D eigenvalue weighted by Crippen LogP contribution is -2.16. The molecule has 0 saturated carbocycles. The van der Waals surface area contributed by atoms with Gasteiger partial charge in [-0.2, -0.15) is 18.4 Å². The monoisotopic (exact) mass is 271 g/mol. The molecule has 102 valence electrons. The molecule has 0 radical (unpaired) electrons. The second kappa shape index (κ2) is 5.74. The van der Waals surface area contributed by atoms with E-state index in [1.165, 1.54) is 6.92 Å². The molecule has 0 heterocycles. The molecule has 0 bridgehead atoms. The summed E-state index contributed by atoms with van der Waals surface area (Å²) in [4.78, 5) is 11.6. The number of nitriles is 1. The van der Waals surface area contributed by atoms with E-state index in [-0.39, 0.29) is 12.2 Å². The zero-order valence-electron chi connectivity index (χ0n) is 10.5. The number of halogens is 3. The van der Waals surface area contributed by atoms with Gasteiger partial charge in [0.25, 0.3) is 0 Å². The van der Waals surface area contributed by atoms with Crippen LogP contribution in [-0.4, -0.2) is 12.6 Å². The van der Waals surface area contributed by atoms with E-state index in [1.54, 1.807) is 13.0 Å². The molecular weight excluding hydrogens is 259 g/mol. The van der Waals surface area contributed by atoms with Crippen molar-refractivity contribution in [3.63, 3.8) is 0 Å².